The van der Waals surface area contributed by atoms with Gasteiger partial charge in [0.15, 0.2) is 5.78 Å². The van der Waals surface area contributed by atoms with Crippen molar-refractivity contribution in [2.45, 2.75) is 23.6 Å². The second-order valence-corrected chi connectivity index (χ2v) is 9.11. The average molecular weight is 449 g/mol. The van der Waals surface area contributed by atoms with E-state index in [-0.39, 0.29) is 12.2 Å². The Morgan fingerprint density at radius 3 is 2.39 bits per heavy atom. The first-order valence-electron chi connectivity index (χ1n) is 9.71. The largest absolute Gasteiger partial charge is 0.469 e. The number of ether oxygens (including phenoxy) is 1. The predicted octanol–water partition coefficient (Wildman–Crippen LogP) is 5.57. The van der Waals surface area contributed by atoms with E-state index in [1.165, 1.54) is 18.9 Å². The number of benzene rings is 2. The van der Waals surface area contributed by atoms with Crippen molar-refractivity contribution in [2.24, 2.45) is 0 Å². The standard InChI is InChI=1S/C24H20N2O3S2/c1-15-25-23-18(13-19(30-23)16-9-5-3-6-10-16)24(26-15)31-20(14-21(27)29-2)22(28)17-11-7-4-8-12-17/h3-13,20H,14H2,1-2H3. The summed E-state index contributed by atoms with van der Waals surface area (Å²) >= 11 is 2.88. The number of esters is 1. The average Bonchev–Trinajstić information content (AvgIpc) is 3.23. The van der Waals surface area contributed by atoms with Gasteiger partial charge in [0, 0.05) is 15.8 Å². The van der Waals surface area contributed by atoms with Crippen LogP contribution in [0.5, 0.6) is 0 Å². The Bertz CT molecular complexity index is 1220. The molecule has 2 heterocycles. The lowest BCUT2D eigenvalue weighted by Crippen LogP contribution is -2.22. The lowest BCUT2D eigenvalue weighted by molar-refractivity contribution is -0.140. The molecule has 1 unspecified atom stereocenters. The number of Topliss-reactive ketones (excluding diaryl/α,β-unsaturated/α-hetero) is 1. The lowest BCUT2D eigenvalue weighted by atomic mass is 10.1. The van der Waals surface area contributed by atoms with E-state index in [9.17, 15) is 9.59 Å². The van der Waals surface area contributed by atoms with Crippen LogP contribution in [0.1, 0.15) is 22.6 Å². The molecule has 5 nitrogen and oxygen atoms in total. The van der Waals surface area contributed by atoms with Crippen molar-refractivity contribution < 1.29 is 14.3 Å². The molecule has 0 amide bonds. The first kappa shape index (κ1) is 21.2. The third kappa shape index (κ3) is 4.84. The van der Waals surface area contributed by atoms with Crippen LogP contribution in [0.25, 0.3) is 20.7 Å². The molecule has 0 aliphatic carbocycles. The quantitative estimate of drug-likeness (QED) is 0.159. The Morgan fingerprint density at radius 2 is 1.71 bits per heavy atom. The number of carbonyl (C=O) groups is 2. The van der Waals surface area contributed by atoms with Crippen molar-refractivity contribution in [2.75, 3.05) is 7.11 Å². The molecule has 2 aromatic heterocycles. The van der Waals surface area contributed by atoms with Gasteiger partial charge in [0.05, 0.1) is 18.8 Å². The summed E-state index contributed by atoms with van der Waals surface area (Å²) in [5.41, 5.74) is 1.66. The molecule has 0 radical (unpaired) electrons. The number of methoxy groups -OCH3 is 1. The van der Waals surface area contributed by atoms with Gasteiger partial charge in [-0.1, -0.05) is 72.4 Å². The number of ketones is 1. The molecule has 4 rings (SSSR count). The van der Waals surface area contributed by atoms with E-state index in [1.807, 2.05) is 43.3 Å². The van der Waals surface area contributed by atoms with Crippen molar-refractivity contribution in [3.63, 3.8) is 0 Å². The van der Waals surface area contributed by atoms with Crippen LogP contribution in [0.4, 0.5) is 0 Å². The van der Waals surface area contributed by atoms with Crippen LogP contribution in [-0.4, -0.2) is 34.1 Å². The molecule has 0 aliphatic heterocycles. The zero-order valence-electron chi connectivity index (χ0n) is 17.1. The Kier molecular flexibility index (Phi) is 6.44. The normalized spacial score (nSPS) is 11.9. The molecule has 0 bridgehead atoms. The van der Waals surface area contributed by atoms with Gasteiger partial charge in [0.25, 0.3) is 0 Å². The summed E-state index contributed by atoms with van der Waals surface area (Å²) in [5, 5.41) is 0.932. The monoisotopic (exact) mass is 448 g/mol. The van der Waals surface area contributed by atoms with Crippen molar-refractivity contribution >= 4 is 45.1 Å². The van der Waals surface area contributed by atoms with Gasteiger partial charge in [-0.25, -0.2) is 9.97 Å². The van der Waals surface area contributed by atoms with Crippen LogP contribution in [0.15, 0.2) is 71.8 Å². The summed E-state index contributed by atoms with van der Waals surface area (Å²) in [7, 11) is 1.33. The first-order chi connectivity index (χ1) is 15.0. The predicted molar refractivity (Wildman–Crippen MR) is 125 cm³/mol. The molecule has 0 aliphatic rings. The molecule has 156 valence electrons. The highest BCUT2D eigenvalue weighted by Crippen LogP contribution is 2.38. The molecule has 7 heteroatoms. The number of thiophene rings is 1. The summed E-state index contributed by atoms with van der Waals surface area (Å²) in [4.78, 5) is 36.4. The van der Waals surface area contributed by atoms with E-state index in [4.69, 9.17) is 4.74 Å². The summed E-state index contributed by atoms with van der Waals surface area (Å²) < 4.78 is 4.84. The number of hydrogen-bond donors (Lipinski definition) is 0. The lowest BCUT2D eigenvalue weighted by Gasteiger charge is -2.15. The number of nitrogens with zero attached hydrogens (tertiary/aromatic N) is 2. The molecule has 0 N–H and O–H groups in total. The molecule has 31 heavy (non-hydrogen) atoms. The maximum Gasteiger partial charge on any atom is 0.307 e. The number of thioether (sulfide) groups is 1. The van der Waals surface area contributed by atoms with E-state index in [0.29, 0.717) is 16.4 Å². The third-order valence-corrected chi connectivity index (χ3v) is 6.99. The van der Waals surface area contributed by atoms with Crippen LogP contribution in [0, 0.1) is 6.92 Å². The van der Waals surface area contributed by atoms with Crippen LogP contribution in [0.2, 0.25) is 0 Å². The van der Waals surface area contributed by atoms with E-state index in [2.05, 4.69) is 28.2 Å². The van der Waals surface area contributed by atoms with Crippen LogP contribution < -0.4 is 0 Å². The zero-order chi connectivity index (χ0) is 21.8. The van der Waals surface area contributed by atoms with Crippen LogP contribution >= 0.6 is 23.1 Å². The highest BCUT2D eigenvalue weighted by molar-refractivity contribution is 8.00. The molecule has 2 aromatic carbocycles. The van der Waals surface area contributed by atoms with Crippen LogP contribution in [0.3, 0.4) is 0 Å². The van der Waals surface area contributed by atoms with Crippen molar-refractivity contribution in [1.82, 2.24) is 9.97 Å². The fraction of sp³-hybridized carbons (Fsp3) is 0.167. The van der Waals surface area contributed by atoms with Gasteiger partial charge in [0.2, 0.25) is 0 Å². The SMILES string of the molecule is COC(=O)CC(Sc1nc(C)nc2sc(-c3ccccc3)cc12)C(=O)c1ccccc1. The maximum absolute atomic E-state index is 13.2. The molecule has 0 saturated carbocycles. The first-order valence-corrected chi connectivity index (χ1v) is 11.4. The zero-order valence-corrected chi connectivity index (χ0v) is 18.7. The van der Waals surface area contributed by atoms with Gasteiger partial charge in [-0.3, -0.25) is 9.59 Å². The van der Waals surface area contributed by atoms with E-state index >= 15 is 0 Å². The van der Waals surface area contributed by atoms with E-state index < -0.39 is 11.2 Å². The molecule has 0 spiro atoms. The maximum atomic E-state index is 13.2. The minimum absolute atomic E-state index is 0.0326. The Balaban J connectivity index is 1.73. The smallest absolute Gasteiger partial charge is 0.307 e. The number of hydrogen-bond acceptors (Lipinski definition) is 7. The van der Waals surface area contributed by atoms with Gasteiger partial charge >= 0.3 is 5.97 Å². The van der Waals surface area contributed by atoms with Crippen molar-refractivity contribution in [3.8, 4) is 10.4 Å². The van der Waals surface area contributed by atoms with Crippen molar-refractivity contribution in [1.29, 1.82) is 0 Å². The van der Waals surface area contributed by atoms with Gasteiger partial charge < -0.3 is 4.74 Å². The van der Waals surface area contributed by atoms with Gasteiger partial charge in [-0.15, -0.1) is 11.3 Å². The topological polar surface area (TPSA) is 69.2 Å². The molecular weight excluding hydrogens is 428 g/mol. The van der Waals surface area contributed by atoms with Crippen LogP contribution in [-0.2, 0) is 9.53 Å². The summed E-state index contributed by atoms with van der Waals surface area (Å²) in [6, 6.07) is 21.1. The minimum atomic E-state index is -0.646. The Hall–Kier alpha value is -3.03. The van der Waals surface area contributed by atoms with Gasteiger partial charge in [-0.2, -0.15) is 0 Å². The molecule has 0 fully saturated rings. The molecule has 0 saturated heterocycles. The minimum Gasteiger partial charge on any atom is -0.469 e. The molecule has 1 atom stereocenters. The second-order valence-electron chi connectivity index (χ2n) is 6.89. The number of aromatic nitrogens is 2. The molecule has 4 aromatic rings. The number of aryl methyl sites for hydroxylation is 1. The van der Waals surface area contributed by atoms with E-state index in [0.717, 1.165) is 20.7 Å². The summed E-state index contributed by atoms with van der Waals surface area (Å²) in [5.74, 6) is 0.0680. The van der Waals surface area contributed by atoms with Gasteiger partial charge in [-0.05, 0) is 18.6 Å². The summed E-state index contributed by atoms with van der Waals surface area (Å²) in [6.45, 7) is 1.83. The highest BCUT2D eigenvalue weighted by Gasteiger charge is 2.27. The number of fused-ring (bicyclic) bond motifs is 1. The van der Waals surface area contributed by atoms with E-state index in [1.54, 1.807) is 23.5 Å². The molecular formula is C24H20N2O3S2. The Morgan fingerprint density at radius 1 is 1.03 bits per heavy atom. The summed E-state index contributed by atoms with van der Waals surface area (Å²) in [6.07, 6.45) is -0.0326. The third-order valence-electron chi connectivity index (χ3n) is 4.71. The fourth-order valence-electron chi connectivity index (χ4n) is 3.18. The van der Waals surface area contributed by atoms with Gasteiger partial charge in [0.1, 0.15) is 15.7 Å². The number of carbonyl (C=O) groups excluding carboxylic acids is 2. The second kappa shape index (κ2) is 9.41. The fourth-order valence-corrected chi connectivity index (χ4v) is 5.52. The number of rotatable bonds is 7. The Labute approximate surface area is 188 Å². The van der Waals surface area contributed by atoms with Crippen molar-refractivity contribution in [3.05, 3.63) is 78.1 Å². The highest BCUT2D eigenvalue weighted by atomic mass is 32.2.